The number of fused-ring (bicyclic) bond motifs is 4. The Morgan fingerprint density at radius 2 is 1.86 bits per heavy atom. The zero-order valence-corrected chi connectivity index (χ0v) is 23.3. The Morgan fingerprint density at radius 3 is 2.64 bits per heavy atom. The Morgan fingerprint density at radius 1 is 1.03 bits per heavy atom. The second kappa shape index (κ2) is 7.75. The van der Waals surface area contributed by atoms with Crippen molar-refractivity contribution in [3.63, 3.8) is 0 Å². The van der Waals surface area contributed by atoms with Gasteiger partial charge >= 0.3 is 0 Å². The molecule has 2 N–H and O–H groups in total. The van der Waals surface area contributed by atoms with Gasteiger partial charge in [-0.2, -0.15) is 0 Å². The van der Waals surface area contributed by atoms with E-state index in [9.17, 15) is 10.2 Å². The van der Waals surface area contributed by atoms with Gasteiger partial charge in [0.2, 0.25) is 0 Å². The van der Waals surface area contributed by atoms with Crippen molar-refractivity contribution in [1.82, 2.24) is 0 Å². The fourth-order valence-corrected chi connectivity index (χ4v) is 11.5. The van der Waals surface area contributed by atoms with Gasteiger partial charge in [0.1, 0.15) is 5.60 Å². The number of rotatable bonds is 1. The summed E-state index contributed by atoms with van der Waals surface area (Å²) < 4.78 is 0. The van der Waals surface area contributed by atoms with E-state index in [2.05, 4.69) is 45.2 Å². The van der Waals surface area contributed by atoms with Crippen LogP contribution < -0.4 is 0 Å². The summed E-state index contributed by atoms with van der Waals surface area (Å²) in [6.07, 6.45) is 11.6. The van der Waals surface area contributed by atoms with Gasteiger partial charge in [0.25, 0.3) is 0 Å². The van der Waals surface area contributed by atoms with Crippen LogP contribution in [0.15, 0.2) is 23.1 Å². The number of hydrogen-bond acceptors (Lipinski definition) is 5. The lowest BCUT2D eigenvalue weighted by Gasteiger charge is -2.70. The number of thioether (sulfide) groups is 1. The van der Waals surface area contributed by atoms with Crippen molar-refractivity contribution in [2.75, 3.05) is 12.9 Å². The van der Waals surface area contributed by atoms with Crippen molar-refractivity contribution in [3.05, 3.63) is 29.3 Å². The number of hydrogen-bond donors (Lipinski definition) is 2. The minimum Gasteiger partial charge on any atom is -0.393 e. The Kier molecular flexibility index (Phi) is 5.26. The van der Waals surface area contributed by atoms with Crippen molar-refractivity contribution in [3.8, 4) is 0 Å². The van der Waals surface area contributed by atoms with Gasteiger partial charge in [0.15, 0.2) is 0 Å². The fraction of sp³-hybridized carbons (Fsp3) is 0.806. The zero-order chi connectivity index (χ0) is 25.1. The lowest BCUT2D eigenvalue weighted by molar-refractivity contribution is -0.425. The average molecular weight is 513 g/mol. The normalized spacial score (nSPS) is 50.7. The predicted octanol–water partition coefficient (Wildman–Crippen LogP) is 6.27. The first-order valence-corrected chi connectivity index (χ1v) is 15.6. The Hall–Kier alpha value is -0.590. The molecule has 36 heavy (non-hydrogen) atoms. The van der Waals surface area contributed by atoms with Gasteiger partial charge < -0.3 is 10.2 Å². The molecule has 6 aliphatic rings. The molecule has 0 radical (unpaired) electrons. The van der Waals surface area contributed by atoms with Crippen molar-refractivity contribution < 1.29 is 20.0 Å². The molecule has 5 heteroatoms. The lowest BCUT2D eigenvalue weighted by atomic mass is 9.36. The molecule has 1 saturated heterocycles. The molecule has 5 aliphatic carbocycles. The molecule has 5 fully saturated rings. The standard InChI is InChI=1S/C31H44O4S/c1-27(2)16-29(35-34-18-27)11-12-30-14-19-13-20(36-4)5-6-21(19)23-15-28(3)24(7-8-25(28)32)22(26(23)30)9-10-31(30,33)17-29/h5-6,13,22-26,32-33H,7-12,14-18H2,1-4H3/t22-,23+,24-,25-,26+,28-,29?,30-,31+/m0/s1. The van der Waals surface area contributed by atoms with E-state index in [4.69, 9.17) is 9.78 Å². The molecule has 2 spiro atoms. The van der Waals surface area contributed by atoms with E-state index in [-0.39, 0.29) is 27.9 Å². The summed E-state index contributed by atoms with van der Waals surface area (Å²) in [7, 11) is 0. The van der Waals surface area contributed by atoms with Crippen molar-refractivity contribution in [2.24, 2.45) is 34.0 Å². The van der Waals surface area contributed by atoms with Crippen LogP contribution in [0.1, 0.15) is 95.6 Å². The Balaban J connectivity index is 1.36. The summed E-state index contributed by atoms with van der Waals surface area (Å²) in [5.74, 6) is 2.08. The molecular weight excluding hydrogens is 468 g/mol. The Labute approximate surface area is 220 Å². The third-order valence-electron chi connectivity index (χ3n) is 12.3. The highest BCUT2D eigenvalue weighted by molar-refractivity contribution is 7.98. The minimum atomic E-state index is -0.737. The van der Waals surface area contributed by atoms with E-state index in [1.54, 1.807) is 0 Å². The van der Waals surface area contributed by atoms with Crippen LogP contribution in [-0.4, -0.2) is 40.4 Å². The molecule has 7 rings (SSSR count). The average Bonchev–Trinajstić information content (AvgIpc) is 3.12. The maximum atomic E-state index is 12.8. The highest BCUT2D eigenvalue weighted by Crippen LogP contribution is 2.74. The number of benzene rings is 1. The van der Waals surface area contributed by atoms with E-state index >= 15 is 0 Å². The topological polar surface area (TPSA) is 58.9 Å². The van der Waals surface area contributed by atoms with Gasteiger partial charge in [-0.25, -0.2) is 9.78 Å². The summed E-state index contributed by atoms with van der Waals surface area (Å²) in [5, 5.41) is 24.1. The maximum Gasteiger partial charge on any atom is 0.107 e. The molecule has 9 atom stereocenters. The molecule has 1 heterocycles. The molecular formula is C31H44O4S. The van der Waals surface area contributed by atoms with Crippen LogP contribution >= 0.6 is 11.8 Å². The van der Waals surface area contributed by atoms with Crippen LogP contribution in [0.3, 0.4) is 0 Å². The highest BCUT2D eigenvalue weighted by atomic mass is 32.2. The monoisotopic (exact) mass is 512 g/mol. The van der Waals surface area contributed by atoms with Crippen molar-refractivity contribution in [1.29, 1.82) is 0 Å². The quantitative estimate of drug-likeness (QED) is 0.343. The first-order valence-electron chi connectivity index (χ1n) is 14.4. The summed E-state index contributed by atoms with van der Waals surface area (Å²) in [4.78, 5) is 13.2. The highest BCUT2D eigenvalue weighted by Gasteiger charge is 2.72. The van der Waals surface area contributed by atoms with Gasteiger partial charge in [-0.3, -0.25) is 0 Å². The SMILES string of the molecule is CSc1ccc2c(c1)C[C@]13CCC4(CC(C)(C)COO4)C[C@]1(O)CC[C@@H]1[C@@H]3[C@@H]2C[C@]2(C)[C@@H](O)CC[C@@H]12. The summed E-state index contributed by atoms with van der Waals surface area (Å²) in [5.41, 5.74) is 1.80. The first-order chi connectivity index (χ1) is 17.0. The van der Waals surface area contributed by atoms with Crippen LogP contribution in [0.4, 0.5) is 0 Å². The van der Waals surface area contributed by atoms with Gasteiger partial charge in [-0.1, -0.05) is 26.8 Å². The van der Waals surface area contributed by atoms with Crippen LogP contribution in [-0.2, 0) is 16.2 Å². The smallest absolute Gasteiger partial charge is 0.107 e. The number of aliphatic hydroxyl groups excluding tert-OH is 1. The second-order valence-corrected chi connectivity index (χ2v) is 15.6. The van der Waals surface area contributed by atoms with Crippen LogP contribution in [0, 0.1) is 34.0 Å². The van der Waals surface area contributed by atoms with Gasteiger partial charge in [-0.05, 0) is 122 Å². The summed E-state index contributed by atoms with van der Waals surface area (Å²) in [6, 6.07) is 7.12. The van der Waals surface area contributed by atoms with E-state index in [1.165, 1.54) is 16.0 Å². The number of aliphatic hydroxyl groups is 2. The molecule has 1 aliphatic heterocycles. The summed E-state index contributed by atoms with van der Waals surface area (Å²) >= 11 is 1.81. The predicted molar refractivity (Wildman–Crippen MR) is 142 cm³/mol. The van der Waals surface area contributed by atoms with Crippen LogP contribution in [0.5, 0.6) is 0 Å². The molecule has 198 valence electrons. The largest absolute Gasteiger partial charge is 0.393 e. The third-order valence-corrected chi connectivity index (χ3v) is 13.0. The van der Waals surface area contributed by atoms with E-state index in [1.807, 2.05) is 11.8 Å². The van der Waals surface area contributed by atoms with Gasteiger partial charge in [0.05, 0.1) is 18.3 Å². The third kappa shape index (κ3) is 3.16. The molecule has 0 amide bonds. The van der Waals surface area contributed by atoms with E-state index in [0.717, 1.165) is 57.8 Å². The van der Waals surface area contributed by atoms with Crippen LogP contribution in [0.2, 0.25) is 0 Å². The molecule has 4 nitrogen and oxygen atoms in total. The molecule has 1 aromatic carbocycles. The van der Waals surface area contributed by atoms with E-state index < -0.39 is 5.60 Å². The molecule has 0 bridgehead atoms. The van der Waals surface area contributed by atoms with Crippen LogP contribution in [0.25, 0.3) is 0 Å². The van der Waals surface area contributed by atoms with E-state index in [0.29, 0.717) is 36.7 Å². The lowest BCUT2D eigenvalue weighted by Crippen LogP contribution is -2.70. The van der Waals surface area contributed by atoms with Gasteiger partial charge in [-0.15, -0.1) is 11.8 Å². The molecule has 1 unspecified atom stereocenters. The fourth-order valence-electron chi connectivity index (χ4n) is 11.0. The maximum absolute atomic E-state index is 12.8. The molecule has 1 aromatic rings. The zero-order valence-electron chi connectivity index (χ0n) is 22.5. The molecule has 0 aromatic heterocycles. The second-order valence-electron chi connectivity index (χ2n) is 14.7. The Bertz CT molecular complexity index is 1070. The summed E-state index contributed by atoms with van der Waals surface area (Å²) in [6.45, 7) is 7.55. The van der Waals surface area contributed by atoms with Crippen molar-refractivity contribution in [2.45, 2.75) is 113 Å². The van der Waals surface area contributed by atoms with Crippen molar-refractivity contribution >= 4 is 11.8 Å². The first kappa shape index (κ1) is 24.5. The minimum absolute atomic E-state index is 0.00446. The molecule has 4 saturated carbocycles. The van der Waals surface area contributed by atoms with Gasteiger partial charge in [0, 0.05) is 16.7 Å².